The molecule has 0 spiro atoms. The number of unbranched alkanes of at least 4 members (excludes halogenated alkanes) is 2. The SMILES string of the molecule is CCCCCOc1ccccc1Nc1ncc(C(F)(F)F)c(OCC(F)(F)F)n1. The highest BCUT2D eigenvalue weighted by Crippen LogP contribution is 2.36. The number of nitrogens with zero attached hydrogens (tertiary/aromatic N) is 2. The highest BCUT2D eigenvalue weighted by atomic mass is 19.4. The van der Waals surface area contributed by atoms with Crippen molar-refractivity contribution in [3.63, 3.8) is 0 Å². The fourth-order valence-electron chi connectivity index (χ4n) is 2.23. The Bertz CT molecular complexity index is 796. The molecule has 2 aromatic rings. The minimum atomic E-state index is -4.97. The zero-order valence-electron chi connectivity index (χ0n) is 15.4. The Morgan fingerprint density at radius 2 is 1.72 bits per heavy atom. The molecule has 1 heterocycles. The predicted molar refractivity (Wildman–Crippen MR) is 93.3 cm³/mol. The maximum absolute atomic E-state index is 13.0. The lowest BCUT2D eigenvalue weighted by Crippen LogP contribution is -2.22. The molecule has 2 rings (SSSR count). The van der Waals surface area contributed by atoms with Gasteiger partial charge in [0.05, 0.1) is 12.3 Å². The molecule has 1 aromatic carbocycles. The molecule has 0 aliphatic carbocycles. The van der Waals surface area contributed by atoms with E-state index in [-0.39, 0.29) is 5.95 Å². The van der Waals surface area contributed by atoms with Crippen LogP contribution in [0.3, 0.4) is 0 Å². The van der Waals surface area contributed by atoms with Gasteiger partial charge in [0.2, 0.25) is 11.8 Å². The van der Waals surface area contributed by atoms with E-state index in [9.17, 15) is 26.3 Å². The van der Waals surface area contributed by atoms with Crippen molar-refractivity contribution in [2.45, 2.75) is 38.5 Å². The van der Waals surface area contributed by atoms with E-state index in [1.54, 1.807) is 24.3 Å². The first-order valence-corrected chi connectivity index (χ1v) is 8.73. The molecule has 0 aliphatic rings. The number of alkyl halides is 6. The van der Waals surface area contributed by atoms with E-state index in [4.69, 9.17) is 4.74 Å². The van der Waals surface area contributed by atoms with Gasteiger partial charge in [-0.25, -0.2) is 4.98 Å². The van der Waals surface area contributed by atoms with Crippen molar-refractivity contribution in [3.05, 3.63) is 36.0 Å². The molecule has 0 bridgehead atoms. The van der Waals surface area contributed by atoms with E-state index in [1.165, 1.54) is 0 Å². The Hall–Kier alpha value is -2.72. The van der Waals surface area contributed by atoms with E-state index in [0.29, 0.717) is 24.2 Å². The van der Waals surface area contributed by atoms with Gasteiger partial charge in [-0.3, -0.25) is 0 Å². The summed E-state index contributed by atoms with van der Waals surface area (Å²) in [6, 6.07) is 6.56. The van der Waals surface area contributed by atoms with Crippen molar-refractivity contribution in [1.82, 2.24) is 9.97 Å². The Morgan fingerprint density at radius 3 is 2.38 bits per heavy atom. The summed E-state index contributed by atoms with van der Waals surface area (Å²) in [5, 5.41) is 2.65. The van der Waals surface area contributed by atoms with E-state index >= 15 is 0 Å². The fourth-order valence-corrected chi connectivity index (χ4v) is 2.23. The second-order valence-electron chi connectivity index (χ2n) is 5.99. The predicted octanol–water partition coefficient (Wildman–Crippen LogP) is 5.75. The van der Waals surface area contributed by atoms with Crippen LogP contribution in [0.5, 0.6) is 11.6 Å². The van der Waals surface area contributed by atoms with Gasteiger partial charge < -0.3 is 14.8 Å². The minimum absolute atomic E-state index is 0.352. The average Bonchev–Trinajstić information content (AvgIpc) is 2.63. The molecule has 0 radical (unpaired) electrons. The summed E-state index contributed by atoms with van der Waals surface area (Å²) in [6.07, 6.45) is -6.64. The zero-order chi connectivity index (χ0) is 21.5. The van der Waals surface area contributed by atoms with Gasteiger partial charge in [-0.2, -0.15) is 31.3 Å². The number of para-hydroxylation sites is 2. The van der Waals surface area contributed by atoms with Crippen molar-refractivity contribution in [1.29, 1.82) is 0 Å². The summed E-state index contributed by atoms with van der Waals surface area (Å²) in [6.45, 7) is 0.555. The third-order valence-electron chi connectivity index (χ3n) is 3.57. The first kappa shape index (κ1) is 22.6. The molecule has 1 aromatic heterocycles. The minimum Gasteiger partial charge on any atom is -0.491 e. The number of benzene rings is 1. The molecule has 1 N–H and O–H groups in total. The quantitative estimate of drug-likeness (QED) is 0.411. The maximum Gasteiger partial charge on any atom is 0.423 e. The molecule has 11 heteroatoms. The Kier molecular flexibility index (Phi) is 7.52. The van der Waals surface area contributed by atoms with Crippen LogP contribution < -0.4 is 14.8 Å². The topological polar surface area (TPSA) is 56.3 Å². The number of hydrogen-bond acceptors (Lipinski definition) is 5. The monoisotopic (exact) mass is 423 g/mol. The number of ether oxygens (including phenoxy) is 2. The summed E-state index contributed by atoms with van der Waals surface area (Å²) in [7, 11) is 0. The summed E-state index contributed by atoms with van der Waals surface area (Å²) in [5.41, 5.74) is -1.15. The van der Waals surface area contributed by atoms with Crippen LogP contribution in [0, 0.1) is 0 Å². The van der Waals surface area contributed by atoms with Gasteiger partial charge in [-0.1, -0.05) is 31.9 Å². The molecule has 0 saturated carbocycles. The zero-order valence-corrected chi connectivity index (χ0v) is 15.4. The van der Waals surface area contributed by atoms with Crippen LogP contribution in [0.15, 0.2) is 30.5 Å². The second-order valence-corrected chi connectivity index (χ2v) is 5.99. The number of halogens is 6. The largest absolute Gasteiger partial charge is 0.491 e. The lowest BCUT2D eigenvalue weighted by Gasteiger charge is -2.16. The lowest BCUT2D eigenvalue weighted by atomic mass is 10.2. The first-order valence-electron chi connectivity index (χ1n) is 8.73. The van der Waals surface area contributed by atoms with Crippen molar-refractivity contribution in [3.8, 4) is 11.6 Å². The number of aromatic nitrogens is 2. The molecule has 0 saturated heterocycles. The Morgan fingerprint density at radius 1 is 1.00 bits per heavy atom. The fraction of sp³-hybridized carbons (Fsp3) is 0.444. The van der Waals surface area contributed by atoms with Crippen LogP contribution in [0.1, 0.15) is 31.7 Å². The maximum atomic E-state index is 13.0. The summed E-state index contributed by atoms with van der Waals surface area (Å²) < 4.78 is 86.0. The van der Waals surface area contributed by atoms with Crippen LogP contribution in [0.25, 0.3) is 0 Å². The van der Waals surface area contributed by atoms with Crippen molar-refractivity contribution in [2.24, 2.45) is 0 Å². The van der Waals surface area contributed by atoms with Crippen LogP contribution in [0.4, 0.5) is 38.0 Å². The van der Waals surface area contributed by atoms with Gasteiger partial charge in [0.25, 0.3) is 0 Å². The van der Waals surface area contributed by atoms with Gasteiger partial charge in [0, 0.05) is 6.20 Å². The number of hydrogen-bond donors (Lipinski definition) is 1. The van der Waals surface area contributed by atoms with Crippen LogP contribution in [0.2, 0.25) is 0 Å². The standard InChI is InChI=1S/C18H19F6N3O2/c1-2-3-6-9-28-14-8-5-4-7-13(14)26-16-25-10-12(18(22,23)24)15(27-16)29-11-17(19,20)21/h4-5,7-8,10H,2-3,6,9,11H2,1H3,(H,25,26,27). The van der Waals surface area contributed by atoms with Crippen molar-refractivity contribution < 1.29 is 35.8 Å². The van der Waals surface area contributed by atoms with Gasteiger partial charge >= 0.3 is 12.4 Å². The lowest BCUT2D eigenvalue weighted by molar-refractivity contribution is -0.159. The molecule has 0 unspecified atom stereocenters. The van der Waals surface area contributed by atoms with Crippen LogP contribution in [-0.2, 0) is 6.18 Å². The molecule has 0 amide bonds. The molecule has 0 aliphatic heterocycles. The van der Waals surface area contributed by atoms with Crippen LogP contribution >= 0.6 is 0 Å². The molecule has 0 atom stereocenters. The van der Waals surface area contributed by atoms with Gasteiger partial charge in [0.15, 0.2) is 6.61 Å². The average molecular weight is 423 g/mol. The second kappa shape index (κ2) is 9.66. The van der Waals surface area contributed by atoms with Crippen LogP contribution in [-0.4, -0.2) is 29.4 Å². The number of nitrogens with one attached hydrogen (secondary N) is 1. The first-order chi connectivity index (χ1) is 13.6. The molecule has 29 heavy (non-hydrogen) atoms. The number of rotatable bonds is 9. The highest BCUT2D eigenvalue weighted by Gasteiger charge is 2.38. The number of anilines is 2. The molecule has 160 valence electrons. The summed E-state index contributed by atoms with van der Waals surface area (Å²) in [4.78, 5) is 7.01. The molecule has 5 nitrogen and oxygen atoms in total. The molecular formula is C18H19F6N3O2. The highest BCUT2D eigenvalue weighted by molar-refractivity contribution is 5.62. The van der Waals surface area contributed by atoms with Gasteiger partial charge in [-0.05, 0) is 18.6 Å². The van der Waals surface area contributed by atoms with E-state index in [2.05, 4.69) is 20.0 Å². The summed E-state index contributed by atoms with van der Waals surface area (Å²) in [5.74, 6) is -1.17. The van der Waals surface area contributed by atoms with E-state index in [1.807, 2.05) is 6.92 Å². The molecule has 0 fully saturated rings. The third-order valence-corrected chi connectivity index (χ3v) is 3.57. The normalized spacial score (nSPS) is 12.0. The van der Waals surface area contributed by atoms with E-state index < -0.39 is 30.4 Å². The van der Waals surface area contributed by atoms with Crippen molar-refractivity contribution >= 4 is 11.6 Å². The Labute approximate surface area is 163 Å². The smallest absolute Gasteiger partial charge is 0.423 e. The van der Waals surface area contributed by atoms with Gasteiger partial charge in [-0.15, -0.1) is 0 Å². The molecular weight excluding hydrogens is 404 g/mol. The third kappa shape index (κ3) is 7.31. The Balaban J connectivity index is 2.23. The summed E-state index contributed by atoms with van der Waals surface area (Å²) >= 11 is 0. The van der Waals surface area contributed by atoms with Crippen molar-refractivity contribution in [2.75, 3.05) is 18.5 Å². The van der Waals surface area contributed by atoms with Gasteiger partial charge in [0.1, 0.15) is 11.3 Å². The van der Waals surface area contributed by atoms with E-state index in [0.717, 1.165) is 19.3 Å².